The molecular weight excluding hydrogens is 397 g/mol. The Morgan fingerprint density at radius 2 is 1.93 bits per heavy atom. The Morgan fingerprint density at radius 3 is 2.41 bits per heavy atom. The van der Waals surface area contributed by atoms with Crippen molar-refractivity contribution in [3.8, 4) is 11.8 Å². The minimum Gasteiger partial charge on any atom is -0.492 e. The fourth-order valence-corrected chi connectivity index (χ4v) is 4.27. The highest BCUT2D eigenvalue weighted by Crippen LogP contribution is 2.51. The van der Waals surface area contributed by atoms with Crippen molar-refractivity contribution in [3.05, 3.63) is 23.3 Å². The Labute approximate surface area is 151 Å². The molecule has 148 valence electrons. The van der Waals surface area contributed by atoms with Crippen LogP contribution in [0.25, 0.3) is 0 Å². The van der Waals surface area contributed by atoms with Crippen molar-refractivity contribution in [1.29, 1.82) is 5.26 Å². The number of aliphatic hydroxyl groups excluding tert-OH is 1. The lowest BCUT2D eigenvalue weighted by Gasteiger charge is -2.34. The fourth-order valence-electron chi connectivity index (χ4n) is 3.25. The Hall–Kier alpha value is -1.93. The van der Waals surface area contributed by atoms with Crippen molar-refractivity contribution in [1.82, 2.24) is 0 Å². The monoisotopic (exact) mass is 411 g/mol. The largest absolute Gasteiger partial charge is 0.501 e. The van der Waals surface area contributed by atoms with E-state index in [9.17, 15) is 40.7 Å². The molecule has 0 aromatic heterocycles. The van der Waals surface area contributed by atoms with E-state index in [0.717, 1.165) is 12.5 Å². The minimum absolute atomic E-state index is 0.164. The van der Waals surface area contributed by atoms with Crippen molar-refractivity contribution >= 4 is 9.84 Å². The van der Waals surface area contributed by atoms with Gasteiger partial charge in [-0.15, -0.1) is 0 Å². The normalized spacial score (nSPS) is 23.2. The van der Waals surface area contributed by atoms with Gasteiger partial charge in [0.05, 0.1) is 16.4 Å². The number of aliphatic hydroxyl groups is 1. The summed E-state index contributed by atoms with van der Waals surface area (Å²) in [6.07, 6.45) is -2.03. The molecule has 27 heavy (non-hydrogen) atoms. The molecule has 0 amide bonds. The number of halogens is 5. The van der Waals surface area contributed by atoms with E-state index in [-0.39, 0.29) is 12.4 Å². The number of rotatable bonds is 4. The number of alkyl halides is 5. The summed E-state index contributed by atoms with van der Waals surface area (Å²) in [7, 11) is -5.94. The van der Waals surface area contributed by atoms with Gasteiger partial charge in [0.2, 0.25) is 0 Å². The Morgan fingerprint density at radius 1 is 1.30 bits per heavy atom. The van der Waals surface area contributed by atoms with Gasteiger partial charge in [-0.05, 0) is 25.0 Å². The molecule has 0 radical (unpaired) electrons. The Balaban J connectivity index is 2.07. The SMILES string of the molecule is N#CC1(COc2ccc(S(=O)(=O)C(F)(F)F)c3c2CC(F)(F)[C@H]3O)CCC1. The first-order valence-electron chi connectivity index (χ1n) is 7.92. The molecule has 11 heteroatoms. The summed E-state index contributed by atoms with van der Waals surface area (Å²) in [4.78, 5) is -1.42. The van der Waals surface area contributed by atoms with Crippen LogP contribution in [0.1, 0.15) is 36.5 Å². The molecule has 0 heterocycles. The van der Waals surface area contributed by atoms with Crippen molar-refractivity contribution in [2.75, 3.05) is 6.61 Å². The number of fused-ring (bicyclic) bond motifs is 1. The summed E-state index contributed by atoms with van der Waals surface area (Å²) in [5.74, 6) is -4.11. The van der Waals surface area contributed by atoms with Crippen molar-refractivity contribution < 1.29 is 40.2 Å². The van der Waals surface area contributed by atoms with Crippen molar-refractivity contribution in [3.63, 3.8) is 0 Å². The zero-order chi connectivity index (χ0) is 20.3. The van der Waals surface area contributed by atoms with Gasteiger partial charge in [0.15, 0.2) is 0 Å². The van der Waals surface area contributed by atoms with E-state index < -0.39 is 55.2 Å². The van der Waals surface area contributed by atoms with Gasteiger partial charge >= 0.3 is 5.51 Å². The van der Waals surface area contributed by atoms with Crippen molar-refractivity contribution in [2.24, 2.45) is 5.41 Å². The zero-order valence-electron chi connectivity index (χ0n) is 13.7. The van der Waals surface area contributed by atoms with Crippen LogP contribution in [0.4, 0.5) is 22.0 Å². The molecule has 3 rings (SSSR count). The minimum atomic E-state index is -5.94. The molecule has 1 fully saturated rings. The van der Waals surface area contributed by atoms with Gasteiger partial charge in [0, 0.05) is 17.5 Å². The number of nitrogens with zero attached hydrogens (tertiary/aromatic N) is 1. The molecule has 2 aliphatic rings. The van der Waals surface area contributed by atoms with E-state index in [1.54, 1.807) is 0 Å². The van der Waals surface area contributed by atoms with E-state index in [1.165, 1.54) is 0 Å². The fraction of sp³-hybridized carbons (Fsp3) is 0.562. The summed E-state index contributed by atoms with van der Waals surface area (Å²) >= 11 is 0. The van der Waals surface area contributed by atoms with Gasteiger partial charge in [-0.3, -0.25) is 0 Å². The molecule has 5 nitrogen and oxygen atoms in total. The van der Waals surface area contributed by atoms with Crippen LogP contribution >= 0.6 is 0 Å². The lowest BCUT2D eigenvalue weighted by molar-refractivity contribution is -0.0978. The lowest BCUT2D eigenvalue weighted by Crippen LogP contribution is -2.34. The average molecular weight is 411 g/mol. The van der Waals surface area contributed by atoms with Crippen LogP contribution in [0.5, 0.6) is 5.75 Å². The van der Waals surface area contributed by atoms with Gasteiger partial charge in [0.1, 0.15) is 18.5 Å². The number of hydrogen-bond acceptors (Lipinski definition) is 5. The van der Waals surface area contributed by atoms with Gasteiger partial charge in [-0.25, -0.2) is 17.2 Å². The van der Waals surface area contributed by atoms with Gasteiger partial charge < -0.3 is 9.84 Å². The molecule has 0 aliphatic heterocycles. The molecule has 1 saturated carbocycles. The average Bonchev–Trinajstić information content (AvgIpc) is 2.76. The molecule has 0 bridgehead atoms. The Bertz CT molecular complexity index is 916. The van der Waals surface area contributed by atoms with E-state index >= 15 is 0 Å². The molecule has 1 N–H and O–H groups in total. The maximum Gasteiger partial charge on any atom is 0.501 e. The topological polar surface area (TPSA) is 87.4 Å². The maximum absolute atomic E-state index is 14.0. The summed E-state index contributed by atoms with van der Waals surface area (Å²) < 4.78 is 95.4. The van der Waals surface area contributed by atoms with Crippen LogP contribution in [0.2, 0.25) is 0 Å². The number of hydrogen-bond donors (Lipinski definition) is 1. The molecule has 2 aliphatic carbocycles. The summed E-state index contributed by atoms with van der Waals surface area (Å²) in [6, 6.07) is 3.42. The second kappa shape index (κ2) is 6.04. The van der Waals surface area contributed by atoms with Crippen LogP contribution in [0.15, 0.2) is 17.0 Å². The van der Waals surface area contributed by atoms with E-state index in [4.69, 9.17) is 4.74 Å². The first kappa shape index (κ1) is 19.8. The zero-order valence-corrected chi connectivity index (χ0v) is 14.5. The number of ether oxygens (including phenoxy) is 1. The van der Waals surface area contributed by atoms with Gasteiger partial charge in [0.25, 0.3) is 15.8 Å². The van der Waals surface area contributed by atoms with Crippen LogP contribution in [0, 0.1) is 16.7 Å². The first-order valence-corrected chi connectivity index (χ1v) is 9.40. The second-order valence-corrected chi connectivity index (χ2v) is 8.69. The number of nitriles is 1. The highest BCUT2D eigenvalue weighted by molar-refractivity contribution is 7.92. The third-order valence-corrected chi connectivity index (χ3v) is 6.55. The van der Waals surface area contributed by atoms with Gasteiger partial charge in [-0.1, -0.05) is 6.42 Å². The van der Waals surface area contributed by atoms with E-state index in [2.05, 4.69) is 6.07 Å². The standard InChI is InChI=1S/C16H14F5NO4S/c17-15(18)6-9-10(26-8-14(7-22)4-1-5-14)2-3-11(12(9)13(15)23)27(24,25)16(19,20)21/h2-3,13,23H,1,4-6,8H2/t13-/m0/s1. The van der Waals surface area contributed by atoms with Crippen LogP contribution in [-0.2, 0) is 16.3 Å². The third kappa shape index (κ3) is 3.04. The van der Waals surface area contributed by atoms with E-state index in [1.807, 2.05) is 0 Å². The molecule has 1 atom stereocenters. The smallest absolute Gasteiger partial charge is 0.492 e. The van der Waals surface area contributed by atoms with Crippen molar-refractivity contribution in [2.45, 2.75) is 48.1 Å². The maximum atomic E-state index is 14.0. The molecule has 0 unspecified atom stereocenters. The summed E-state index contributed by atoms with van der Waals surface area (Å²) in [6.45, 7) is -0.164. The second-order valence-electron chi connectivity index (χ2n) is 6.78. The lowest BCUT2D eigenvalue weighted by atomic mass is 9.71. The summed E-state index contributed by atoms with van der Waals surface area (Å²) in [5, 5.41) is 19.0. The predicted molar refractivity (Wildman–Crippen MR) is 80.7 cm³/mol. The number of benzene rings is 1. The highest BCUT2D eigenvalue weighted by atomic mass is 32.2. The third-order valence-electron chi connectivity index (χ3n) is 5.01. The number of sulfone groups is 1. The molecule has 1 aromatic carbocycles. The van der Waals surface area contributed by atoms with Crippen LogP contribution in [-0.4, -0.2) is 31.6 Å². The Kier molecular flexibility index (Phi) is 4.43. The van der Waals surface area contributed by atoms with Crippen LogP contribution in [0.3, 0.4) is 0 Å². The predicted octanol–water partition coefficient (Wildman–Crippen LogP) is 3.28. The molecule has 1 aromatic rings. The first-order chi connectivity index (χ1) is 12.3. The van der Waals surface area contributed by atoms with E-state index in [0.29, 0.717) is 18.9 Å². The van der Waals surface area contributed by atoms with Crippen LogP contribution < -0.4 is 4.74 Å². The molecular formula is C16H14F5NO4S. The molecule has 0 spiro atoms. The highest BCUT2D eigenvalue weighted by Gasteiger charge is 2.55. The molecule has 0 saturated heterocycles. The summed E-state index contributed by atoms with van der Waals surface area (Å²) in [5.41, 5.74) is -8.01. The van der Waals surface area contributed by atoms with Gasteiger partial charge in [-0.2, -0.15) is 18.4 Å². The quantitative estimate of drug-likeness (QED) is 0.769.